The molecule has 0 saturated carbocycles. The first-order chi connectivity index (χ1) is 14.0. The lowest BCUT2D eigenvalue weighted by Gasteiger charge is -2.07. The fourth-order valence-electron chi connectivity index (χ4n) is 2.96. The Morgan fingerprint density at radius 3 is 2.69 bits per heavy atom. The summed E-state index contributed by atoms with van der Waals surface area (Å²) in [5.41, 5.74) is 2.27. The number of methoxy groups -OCH3 is 1. The smallest absolute Gasteiger partial charge is 0.255 e. The molecule has 0 unspecified atom stereocenters. The van der Waals surface area contributed by atoms with E-state index in [1.54, 1.807) is 75.4 Å². The van der Waals surface area contributed by atoms with Gasteiger partial charge in [0, 0.05) is 50.5 Å². The summed E-state index contributed by atoms with van der Waals surface area (Å²) in [5.74, 6) is 1.46. The summed E-state index contributed by atoms with van der Waals surface area (Å²) in [6.07, 6.45) is 3.98. The quantitative estimate of drug-likeness (QED) is 0.531. The SMILES string of the molecule is CNC(=O)c1c(C)oc2cc(Oc3ccnn4cc(C=O)cc34)ccc12.COC. The van der Waals surface area contributed by atoms with Crippen LogP contribution in [0.5, 0.6) is 11.5 Å². The maximum absolute atomic E-state index is 12.0. The van der Waals surface area contributed by atoms with Gasteiger partial charge in [0.05, 0.1) is 11.8 Å². The maximum atomic E-state index is 12.0. The predicted molar refractivity (Wildman–Crippen MR) is 108 cm³/mol. The summed E-state index contributed by atoms with van der Waals surface area (Å²) < 4.78 is 17.5. The lowest BCUT2D eigenvalue weighted by atomic mass is 10.1. The average Bonchev–Trinajstić information content (AvgIpc) is 3.28. The van der Waals surface area contributed by atoms with Crippen LogP contribution in [0.4, 0.5) is 0 Å². The van der Waals surface area contributed by atoms with Gasteiger partial charge in [-0.2, -0.15) is 5.10 Å². The molecule has 150 valence electrons. The third-order valence-corrected chi connectivity index (χ3v) is 4.15. The third-order valence-electron chi connectivity index (χ3n) is 4.15. The maximum Gasteiger partial charge on any atom is 0.255 e. The second-order valence-electron chi connectivity index (χ2n) is 6.20. The molecule has 0 atom stereocenters. The summed E-state index contributed by atoms with van der Waals surface area (Å²) in [5, 5.41) is 7.50. The number of amides is 1. The minimum absolute atomic E-state index is 0.194. The summed E-state index contributed by atoms with van der Waals surface area (Å²) in [4.78, 5) is 23.0. The van der Waals surface area contributed by atoms with Gasteiger partial charge in [-0.1, -0.05) is 0 Å². The molecular formula is C21H21N3O5. The van der Waals surface area contributed by atoms with Crippen LogP contribution >= 0.6 is 0 Å². The number of nitrogens with zero attached hydrogens (tertiary/aromatic N) is 2. The van der Waals surface area contributed by atoms with Gasteiger partial charge in [0.1, 0.15) is 22.6 Å². The Bertz CT molecular complexity index is 1180. The van der Waals surface area contributed by atoms with Gasteiger partial charge in [-0.05, 0) is 25.1 Å². The monoisotopic (exact) mass is 395 g/mol. The van der Waals surface area contributed by atoms with E-state index in [1.165, 1.54) is 0 Å². The highest BCUT2D eigenvalue weighted by molar-refractivity contribution is 6.07. The summed E-state index contributed by atoms with van der Waals surface area (Å²) in [6, 6.07) is 8.71. The minimum Gasteiger partial charge on any atom is -0.460 e. The van der Waals surface area contributed by atoms with Crippen LogP contribution in [0, 0.1) is 6.92 Å². The van der Waals surface area contributed by atoms with Crippen molar-refractivity contribution in [3.8, 4) is 11.5 Å². The fraction of sp³-hybridized carbons (Fsp3) is 0.190. The van der Waals surface area contributed by atoms with Crippen molar-refractivity contribution >= 4 is 28.7 Å². The molecule has 0 aliphatic heterocycles. The topological polar surface area (TPSA) is 95.1 Å². The van der Waals surface area contributed by atoms with Gasteiger partial charge in [-0.15, -0.1) is 0 Å². The highest BCUT2D eigenvalue weighted by Gasteiger charge is 2.18. The van der Waals surface area contributed by atoms with Crippen molar-refractivity contribution in [3.05, 3.63) is 59.6 Å². The van der Waals surface area contributed by atoms with E-state index in [4.69, 9.17) is 9.15 Å². The number of rotatable bonds is 4. The molecule has 8 nitrogen and oxygen atoms in total. The molecule has 3 aromatic heterocycles. The Labute approximate surface area is 167 Å². The third kappa shape index (κ3) is 3.97. The van der Waals surface area contributed by atoms with E-state index in [1.807, 2.05) is 0 Å². The van der Waals surface area contributed by atoms with Crippen LogP contribution < -0.4 is 10.1 Å². The van der Waals surface area contributed by atoms with Gasteiger partial charge in [-0.25, -0.2) is 4.52 Å². The zero-order valence-corrected chi connectivity index (χ0v) is 16.6. The van der Waals surface area contributed by atoms with Crippen molar-refractivity contribution in [1.29, 1.82) is 0 Å². The van der Waals surface area contributed by atoms with E-state index in [0.717, 1.165) is 11.7 Å². The normalized spacial score (nSPS) is 10.5. The summed E-state index contributed by atoms with van der Waals surface area (Å²) in [7, 11) is 4.83. The summed E-state index contributed by atoms with van der Waals surface area (Å²) in [6.45, 7) is 1.75. The van der Waals surface area contributed by atoms with Crippen LogP contribution in [0.25, 0.3) is 16.5 Å². The van der Waals surface area contributed by atoms with Crippen LogP contribution in [0.1, 0.15) is 26.5 Å². The molecule has 8 heteroatoms. The number of benzene rings is 1. The molecule has 0 radical (unpaired) electrons. The molecule has 0 saturated heterocycles. The summed E-state index contributed by atoms with van der Waals surface area (Å²) >= 11 is 0. The Hall–Kier alpha value is -3.65. The van der Waals surface area contributed by atoms with Gasteiger partial charge in [0.2, 0.25) is 0 Å². The van der Waals surface area contributed by atoms with Crippen molar-refractivity contribution < 1.29 is 23.5 Å². The van der Waals surface area contributed by atoms with Crippen molar-refractivity contribution in [2.75, 3.05) is 21.3 Å². The molecule has 0 aliphatic rings. The zero-order valence-electron chi connectivity index (χ0n) is 16.6. The first-order valence-electron chi connectivity index (χ1n) is 8.78. The molecule has 1 N–H and O–H groups in total. The van der Waals surface area contributed by atoms with Gasteiger partial charge in [0.15, 0.2) is 12.0 Å². The molecule has 1 aromatic carbocycles. The van der Waals surface area contributed by atoms with Gasteiger partial charge >= 0.3 is 0 Å². The molecule has 4 rings (SSSR count). The number of furan rings is 1. The van der Waals surface area contributed by atoms with E-state index >= 15 is 0 Å². The van der Waals surface area contributed by atoms with E-state index in [2.05, 4.69) is 15.2 Å². The van der Waals surface area contributed by atoms with Crippen LogP contribution in [-0.4, -0.2) is 43.1 Å². The van der Waals surface area contributed by atoms with Crippen molar-refractivity contribution in [3.63, 3.8) is 0 Å². The number of hydrogen-bond acceptors (Lipinski definition) is 6. The lowest BCUT2D eigenvalue weighted by Crippen LogP contribution is -2.18. The number of aldehydes is 1. The fourth-order valence-corrected chi connectivity index (χ4v) is 2.96. The zero-order chi connectivity index (χ0) is 21.0. The van der Waals surface area contributed by atoms with Gasteiger partial charge in [0.25, 0.3) is 5.91 Å². The second-order valence-corrected chi connectivity index (χ2v) is 6.20. The van der Waals surface area contributed by atoms with E-state index < -0.39 is 0 Å². The average molecular weight is 395 g/mol. The Kier molecular flexibility index (Phi) is 5.94. The van der Waals surface area contributed by atoms with Crippen molar-refractivity contribution in [1.82, 2.24) is 14.9 Å². The number of fused-ring (bicyclic) bond motifs is 2. The minimum atomic E-state index is -0.194. The number of carbonyl (C=O) groups is 2. The van der Waals surface area contributed by atoms with Crippen molar-refractivity contribution in [2.24, 2.45) is 0 Å². The van der Waals surface area contributed by atoms with E-state index in [0.29, 0.717) is 39.5 Å². The molecule has 1 amide bonds. The molecule has 0 fully saturated rings. The Balaban J connectivity index is 0.000000755. The van der Waals surface area contributed by atoms with E-state index in [9.17, 15) is 9.59 Å². The van der Waals surface area contributed by atoms with Crippen LogP contribution in [-0.2, 0) is 4.74 Å². The predicted octanol–water partition coefficient (Wildman–Crippen LogP) is 3.62. The lowest BCUT2D eigenvalue weighted by molar-refractivity contribution is 0.0962. The van der Waals surface area contributed by atoms with Crippen LogP contribution in [0.2, 0.25) is 0 Å². The number of nitrogens with one attached hydrogen (secondary N) is 1. The standard InChI is InChI=1S/C19H15N3O4.C2H6O/c1-11-18(19(24)20-2)14-4-3-13(8-17(14)25-11)26-16-5-6-21-22-9-12(10-23)7-15(16)22;1-3-2/h3-10H,1-2H3,(H,20,24);1-2H3. The van der Waals surface area contributed by atoms with Crippen molar-refractivity contribution in [2.45, 2.75) is 6.92 Å². The molecule has 3 heterocycles. The van der Waals surface area contributed by atoms with Gasteiger partial charge < -0.3 is 19.2 Å². The van der Waals surface area contributed by atoms with E-state index in [-0.39, 0.29) is 5.91 Å². The first kappa shape index (κ1) is 20.1. The number of aryl methyl sites for hydroxylation is 1. The molecule has 0 bridgehead atoms. The number of ether oxygens (including phenoxy) is 2. The Morgan fingerprint density at radius 2 is 2.00 bits per heavy atom. The molecule has 4 aromatic rings. The second kappa shape index (κ2) is 8.57. The van der Waals surface area contributed by atoms with Gasteiger partial charge in [-0.3, -0.25) is 9.59 Å². The highest BCUT2D eigenvalue weighted by Crippen LogP contribution is 2.32. The first-order valence-corrected chi connectivity index (χ1v) is 8.78. The van der Waals surface area contributed by atoms with Crippen LogP contribution in [0.3, 0.4) is 0 Å². The largest absolute Gasteiger partial charge is 0.460 e. The number of carbonyl (C=O) groups excluding carboxylic acids is 2. The molecule has 0 aliphatic carbocycles. The molecular weight excluding hydrogens is 374 g/mol. The number of hydrogen-bond donors (Lipinski definition) is 1. The molecule has 0 spiro atoms. The highest BCUT2D eigenvalue weighted by atomic mass is 16.5. The Morgan fingerprint density at radius 1 is 1.24 bits per heavy atom. The molecule has 29 heavy (non-hydrogen) atoms. The van der Waals surface area contributed by atoms with Crippen LogP contribution in [0.15, 0.2) is 47.1 Å². The number of aromatic nitrogens is 2.